The third-order valence-corrected chi connectivity index (χ3v) is 6.84. The van der Waals surface area contributed by atoms with Crippen LogP contribution < -0.4 is 14.5 Å². The number of ether oxygens (including phenoxy) is 1. The van der Waals surface area contributed by atoms with Gasteiger partial charge in [0, 0.05) is 44.5 Å². The average Bonchev–Trinajstić information content (AvgIpc) is 3.45. The smallest absolute Gasteiger partial charge is 0.187 e. The van der Waals surface area contributed by atoms with Crippen LogP contribution in [0.3, 0.4) is 0 Å². The van der Waals surface area contributed by atoms with E-state index < -0.39 is 0 Å². The molecule has 2 aliphatic heterocycles. The van der Waals surface area contributed by atoms with Crippen molar-refractivity contribution >= 4 is 38.5 Å². The van der Waals surface area contributed by atoms with Gasteiger partial charge in [0.2, 0.25) is 0 Å². The van der Waals surface area contributed by atoms with E-state index in [9.17, 15) is 0 Å². The maximum atomic E-state index is 6.16. The number of piperazine rings is 1. The van der Waals surface area contributed by atoms with Gasteiger partial charge in [-0.25, -0.2) is 9.97 Å². The third-order valence-electron chi connectivity index (χ3n) is 6.27. The molecule has 31 heavy (non-hydrogen) atoms. The zero-order valence-corrected chi connectivity index (χ0v) is 19.4. The average molecular weight is 486 g/mol. The molecule has 1 aromatic carbocycles. The largest absolute Gasteiger partial charge is 0.492 e. The van der Waals surface area contributed by atoms with Crippen molar-refractivity contribution < 1.29 is 4.74 Å². The first-order valence-electron chi connectivity index (χ1n) is 11.0. The van der Waals surface area contributed by atoms with Crippen LogP contribution in [0.2, 0.25) is 0 Å². The van der Waals surface area contributed by atoms with Gasteiger partial charge in [-0.3, -0.25) is 10.00 Å². The summed E-state index contributed by atoms with van der Waals surface area (Å²) in [5.41, 5.74) is 3.10. The van der Waals surface area contributed by atoms with E-state index in [2.05, 4.69) is 75.9 Å². The summed E-state index contributed by atoms with van der Waals surface area (Å²) in [5.74, 6) is 1.93. The number of H-pyrrole nitrogens is 1. The van der Waals surface area contributed by atoms with E-state index >= 15 is 0 Å². The number of nitrogens with one attached hydrogen (secondary N) is 1. The zero-order chi connectivity index (χ0) is 21.2. The monoisotopic (exact) mass is 485 g/mol. The summed E-state index contributed by atoms with van der Waals surface area (Å²) in [5, 5.41) is 8.12. The predicted octanol–water partition coefficient (Wildman–Crippen LogP) is 3.23. The number of halogens is 1. The Balaban J connectivity index is 1.23. The molecule has 0 saturated carbocycles. The summed E-state index contributed by atoms with van der Waals surface area (Å²) in [6, 6.07) is 6.57. The molecule has 0 spiro atoms. The Morgan fingerprint density at radius 1 is 1.03 bits per heavy atom. The molecule has 3 aromatic rings. The Morgan fingerprint density at radius 3 is 2.61 bits per heavy atom. The fourth-order valence-electron chi connectivity index (χ4n) is 4.45. The number of anilines is 2. The Kier molecular flexibility index (Phi) is 5.95. The third kappa shape index (κ3) is 4.34. The van der Waals surface area contributed by atoms with Crippen molar-refractivity contribution in [2.45, 2.75) is 19.8 Å². The maximum Gasteiger partial charge on any atom is 0.187 e. The molecule has 2 aromatic heterocycles. The fourth-order valence-corrected chi connectivity index (χ4v) is 4.90. The van der Waals surface area contributed by atoms with Gasteiger partial charge in [0.15, 0.2) is 5.65 Å². The fraction of sp³-hybridized carbons (Fsp3) is 0.500. The second kappa shape index (κ2) is 9.00. The first-order chi connectivity index (χ1) is 15.2. The van der Waals surface area contributed by atoms with E-state index in [1.165, 1.54) is 37.2 Å². The van der Waals surface area contributed by atoms with Crippen LogP contribution in [0.15, 0.2) is 29.1 Å². The summed E-state index contributed by atoms with van der Waals surface area (Å²) in [6.45, 7) is 9.94. The Morgan fingerprint density at radius 2 is 1.81 bits per heavy atom. The lowest BCUT2D eigenvalue weighted by molar-refractivity contribution is 0.237. The van der Waals surface area contributed by atoms with Gasteiger partial charge >= 0.3 is 0 Å². The molecule has 0 amide bonds. The second-order valence-corrected chi connectivity index (χ2v) is 9.05. The normalized spacial score (nSPS) is 17.6. The lowest BCUT2D eigenvalue weighted by atomic mass is 10.1. The van der Waals surface area contributed by atoms with Crippen molar-refractivity contribution in [3.63, 3.8) is 0 Å². The number of fused-ring (bicyclic) bond motifs is 1. The molecule has 2 fully saturated rings. The standard InChI is InChI=1S/C22H28BrN7O/c1-16-4-5-17(14-18(16)31-13-12-28-6-2-3-7-28)29-8-10-30(11-9-29)22-19-20(23)26-27-21(19)24-15-25-22/h4-5,14-15H,2-3,6-13H2,1H3,(H,24,25,26,27). The minimum atomic E-state index is 0.688. The van der Waals surface area contributed by atoms with Crippen molar-refractivity contribution in [2.24, 2.45) is 0 Å². The Labute approximate surface area is 190 Å². The topological polar surface area (TPSA) is 73.4 Å². The molecule has 9 heteroatoms. The highest BCUT2D eigenvalue weighted by atomic mass is 79.9. The number of nitrogens with zero attached hydrogens (tertiary/aromatic N) is 6. The quantitative estimate of drug-likeness (QED) is 0.574. The minimum Gasteiger partial charge on any atom is -0.492 e. The van der Waals surface area contributed by atoms with Crippen LogP contribution in [-0.4, -0.2) is 77.5 Å². The molecular formula is C22H28BrN7O. The molecule has 0 bridgehead atoms. The lowest BCUT2D eigenvalue weighted by Gasteiger charge is -2.37. The minimum absolute atomic E-state index is 0.688. The molecule has 0 radical (unpaired) electrons. The highest BCUT2D eigenvalue weighted by molar-refractivity contribution is 9.10. The van der Waals surface area contributed by atoms with Crippen LogP contribution in [0.25, 0.3) is 11.0 Å². The Bertz CT molecular complexity index is 1040. The summed E-state index contributed by atoms with van der Waals surface area (Å²) in [6.07, 6.45) is 4.22. The molecule has 8 nitrogen and oxygen atoms in total. The van der Waals surface area contributed by atoms with Crippen molar-refractivity contribution in [1.82, 2.24) is 25.1 Å². The predicted molar refractivity (Wildman–Crippen MR) is 126 cm³/mol. The molecule has 0 aliphatic carbocycles. The Hall–Kier alpha value is -2.39. The molecule has 0 atom stereocenters. The van der Waals surface area contributed by atoms with Gasteiger partial charge in [-0.1, -0.05) is 6.07 Å². The maximum absolute atomic E-state index is 6.16. The number of likely N-dealkylation sites (tertiary alicyclic amines) is 1. The van der Waals surface area contributed by atoms with E-state index in [4.69, 9.17) is 4.74 Å². The highest BCUT2D eigenvalue weighted by Crippen LogP contribution is 2.30. The first kappa shape index (κ1) is 20.5. The highest BCUT2D eigenvalue weighted by Gasteiger charge is 2.22. The van der Waals surface area contributed by atoms with Crippen LogP contribution in [0.4, 0.5) is 11.5 Å². The molecular weight excluding hydrogens is 458 g/mol. The van der Waals surface area contributed by atoms with Gasteiger partial charge < -0.3 is 14.5 Å². The van der Waals surface area contributed by atoms with E-state index in [0.29, 0.717) is 5.65 Å². The van der Waals surface area contributed by atoms with E-state index in [0.717, 1.165) is 60.9 Å². The van der Waals surface area contributed by atoms with Gasteiger partial charge in [-0.2, -0.15) is 5.10 Å². The summed E-state index contributed by atoms with van der Waals surface area (Å²) >= 11 is 3.54. The van der Waals surface area contributed by atoms with Crippen LogP contribution in [-0.2, 0) is 0 Å². The summed E-state index contributed by atoms with van der Waals surface area (Å²) < 4.78 is 6.99. The molecule has 164 valence electrons. The summed E-state index contributed by atoms with van der Waals surface area (Å²) in [7, 11) is 0. The number of hydrogen-bond acceptors (Lipinski definition) is 7. The number of aromatic amines is 1. The second-order valence-electron chi connectivity index (χ2n) is 8.25. The molecule has 5 rings (SSSR count). The van der Waals surface area contributed by atoms with Gasteiger partial charge in [0.05, 0.1) is 5.39 Å². The molecule has 2 aliphatic rings. The number of rotatable bonds is 6. The van der Waals surface area contributed by atoms with Crippen molar-refractivity contribution in [1.29, 1.82) is 0 Å². The molecule has 4 heterocycles. The van der Waals surface area contributed by atoms with Crippen LogP contribution in [0.1, 0.15) is 18.4 Å². The van der Waals surface area contributed by atoms with E-state index in [1.807, 2.05) is 0 Å². The number of aryl methyl sites for hydroxylation is 1. The zero-order valence-electron chi connectivity index (χ0n) is 17.8. The number of benzene rings is 1. The van der Waals surface area contributed by atoms with Gasteiger partial charge in [0.1, 0.15) is 29.1 Å². The van der Waals surface area contributed by atoms with Crippen LogP contribution >= 0.6 is 15.9 Å². The van der Waals surface area contributed by atoms with Crippen molar-refractivity contribution in [3.05, 3.63) is 34.7 Å². The molecule has 0 unspecified atom stereocenters. The van der Waals surface area contributed by atoms with E-state index in [1.54, 1.807) is 6.33 Å². The van der Waals surface area contributed by atoms with Gasteiger partial charge in [-0.05, 0) is 60.4 Å². The first-order valence-corrected chi connectivity index (χ1v) is 11.8. The van der Waals surface area contributed by atoms with Crippen molar-refractivity contribution in [2.75, 3.05) is 62.2 Å². The van der Waals surface area contributed by atoms with Crippen LogP contribution in [0, 0.1) is 6.92 Å². The molecule has 2 saturated heterocycles. The lowest BCUT2D eigenvalue weighted by Crippen LogP contribution is -2.47. The van der Waals surface area contributed by atoms with Gasteiger partial charge in [-0.15, -0.1) is 0 Å². The summed E-state index contributed by atoms with van der Waals surface area (Å²) in [4.78, 5) is 16.0. The SMILES string of the molecule is Cc1ccc(N2CCN(c3ncnc4n[nH]c(Br)c34)CC2)cc1OCCN1CCCC1. The van der Waals surface area contributed by atoms with Gasteiger partial charge in [0.25, 0.3) is 0 Å². The number of aromatic nitrogens is 4. The molecule has 1 N–H and O–H groups in total. The van der Waals surface area contributed by atoms with Crippen LogP contribution in [0.5, 0.6) is 5.75 Å². The number of hydrogen-bond donors (Lipinski definition) is 1. The van der Waals surface area contributed by atoms with E-state index in [-0.39, 0.29) is 0 Å². The van der Waals surface area contributed by atoms with Crippen molar-refractivity contribution in [3.8, 4) is 5.75 Å².